The summed E-state index contributed by atoms with van der Waals surface area (Å²) < 4.78 is 0. The molecule has 0 spiro atoms. The van der Waals surface area contributed by atoms with Crippen LogP contribution in [0.4, 0.5) is 0 Å². The molecule has 0 aliphatic carbocycles. The minimum atomic E-state index is 0.0668. The Morgan fingerprint density at radius 2 is 1.94 bits per heavy atom. The maximum atomic E-state index is 9.55. The van der Waals surface area contributed by atoms with Gasteiger partial charge >= 0.3 is 0 Å². The summed E-state index contributed by atoms with van der Waals surface area (Å²) in [5.41, 5.74) is 0.0668. The normalized spacial score (nSPS) is 23.6. The minimum absolute atomic E-state index is 0.0668. The van der Waals surface area contributed by atoms with E-state index in [0.29, 0.717) is 12.5 Å². The number of rotatable bonds is 6. The van der Waals surface area contributed by atoms with Gasteiger partial charge in [-0.05, 0) is 38.1 Å². The molecule has 1 saturated heterocycles. The Kier molecular flexibility index (Phi) is 5.73. The zero-order valence-corrected chi connectivity index (χ0v) is 10.8. The van der Waals surface area contributed by atoms with Gasteiger partial charge in [-0.1, -0.05) is 13.8 Å². The lowest BCUT2D eigenvalue weighted by molar-refractivity contribution is 0.0375. The van der Waals surface area contributed by atoms with Crippen molar-refractivity contribution in [3.05, 3.63) is 0 Å². The number of likely N-dealkylation sites (tertiary alicyclic amines) is 1. The van der Waals surface area contributed by atoms with Gasteiger partial charge in [-0.2, -0.15) is 0 Å². The lowest BCUT2D eigenvalue weighted by atomic mass is 9.82. The number of piperidine rings is 1. The van der Waals surface area contributed by atoms with E-state index < -0.39 is 0 Å². The van der Waals surface area contributed by atoms with Crippen LogP contribution in [-0.2, 0) is 0 Å². The molecule has 1 rings (SSSR count). The largest absolute Gasteiger partial charge is 0.396 e. The molecule has 0 aromatic rings. The summed E-state index contributed by atoms with van der Waals surface area (Å²) in [5, 5.41) is 18.8. The van der Waals surface area contributed by atoms with Crippen LogP contribution in [0.25, 0.3) is 0 Å². The third-order valence-electron chi connectivity index (χ3n) is 4.26. The van der Waals surface area contributed by atoms with Gasteiger partial charge in [-0.3, -0.25) is 0 Å². The highest BCUT2D eigenvalue weighted by Gasteiger charge is 2.30. The second-order valence-electron chi connectivity index (χ2n) is 5.29. The second kappa shape index (κ2) is 6.58. The van der Waals surface area contributed by atoms with E-state index in [9.17, 15) is 10.2 Å². The van der Waals surface area contributed by atoms with Crippen LogP contribution in [0.5, 0.6) is 0 Å². The molecule has 0 saturated carbocycles. The minimum Gasteiger partial charge on any atom is -0.396 e. The molecule has 1 fully saturated rings. The summed E-state index contributed by atoms with van der Waals surface area (Å²) in [5.74, 6) is 0.443. The van der Waals surface area contributed by atoms with Crippen LogP contribution in [-0.4, -0.2) is 48.0 Å². The fourth-order valence-electron chi connectivity index (χ4n) is 2.67. The molecule has 0 amide bonds. The topological polar surface area (TPSA) is 43.7 Å². The van der Waals surface area contributed by atoms with Crippen molar-refractivity contribution in [1.29, 1.82) is 0 Å². The zero-order valence-electron chi connectivity index (χ0n) is 10.8. The van der Waals surface area contributed by atoms with Crippen molar-refractivity contribution < 1.29 is 10.2 Å². The van der Waals surface area contributed by atoms with Crippen LogP contribution in [0, 0.1) is 11.3 Å². The number of hydrogen-bond acceptors (Lipinski definition) is 3. The summed E-state index contributed by atoms with van der Waals surface area (Å²) in [6.07, 6.45) is 4.39. The van der Waals surface area contributed by atoms with E-state index in [-0.39, 0.29) is 12.0 Å². The Bertz CT molecular complexity index is 184. The lowest BCUT2D eigenvalue weighted by Crippen LogP contribution is -2.45. The number of aliphatic hydroxyl groups is 2. The smallest absolute Gasteiger partial charge is 0.0499 e. The van der Waals surface area contributed by atoms with Crippen molar-refractivity contribution >= 4 is 0 Å². The third kappa shape index (κ3) is 3.44. The number of aliphatic hydroxyl groups excluding tert-OH is 2. The lowest BCUT2D eigenvalue weighted by Gasteiger charge is -2.39. The average molecular weight is 229 g/mol. The molecular formula is C13H27NO2. The van der Waals surface area contributed by atoms with Gasteiger partial charge < -0.3 is 15.1 Å². The van der Waals surface area contributed by atoms with Crippen molar-refractivity contribution in [2.45, 2.75) is 39.5 Å². The van der Waals surface area contributed by atoms with E-state index in [2.05, 4.69) is 18.7 Å². The Balaban J connectivity index is 2.50. The van der Waals surface area contributed by atoms with E-state index in [1.807, 2.05) is 0 Å². The van der Waals surface area contributed by atoms with Crippen molar-refractivity contribution in [3.63, 3.8) is 0 Å². The highest BCUT2D eigenvalue weighted by Crippen LogP contribution is 2.29. The molecule has 1 aliphatic heterocycles. The zero-order chi connectivity index (χ0) is 12.0. The highest BCUT2D eigenvalue weighted by atomic mass is 16.3. The van der Waals surface area contributed by atoms with E-state index >= 15 is 0 Å². The van der Waals surface area contributed by atoms with Crippen molar-refractivity contribution in [3.8, 4) is 0 Å². The molecule has 16 heavy (non-hydrogen) atoms. The summed E-state index contributed by atoms with van der Waals surface area (Å²) in [7, 11) is 0. The Morgan fingerprint density at radius 1 is 1.25 bits per heavy atom. The molecule has 1 unspecified atom stereocenters. The van der Waals surface area contributed by atoms with Gasteiger partial charge in [0.05, 0.1) is 0 Å². The first-order chi connectivity index (χ1) is 7.69. The fourth-order valence-corrected chi connectivity index (χ4v) is 2.67. The fraction of sp³-hybridized carbons (Fsp3) is 1.00. The van der Waals surface area contributed by atoms with E-state index in [1.54, 1.807) is 0 Å². The molecule has 0 bridgehead atoms. The predicted molar refractivity (Wildman–Crippen MR) is 66.4 cm³/mol. The summed E-state index contributed by atoms with van der Waals surface area (Å²) in [4.78, 5) is 2.42. The number of hydrogen-bond donors (Lipinski definition) is 2. The van der Waals surface area contributed by atoms with Crippen LogP contribution in [0.2, 0.25) is 0 Å². The molecule has 0 radical (unpaired) electrons. The Labute approximate surface area is 99.5 Å². The Morgan fingerprint density at radius 3 is 2.44 bits per heavy atom. The summed E-state index contributed by atoms with van der Waals surface area (Å²) in [6, 6.07) is 0. The van der Waals surface area contributed by atoms with Gasteiger partial charge in [0, 0.05) is 31.7 Å². The van der Waals surface area contributed by atoms with E-state index in [4.69, 9.17) is 0 Å². The molecule has 1 aliphatic rings. The third-order valence-corrected chi connectivity index (χ3v) is 4.26. The van der Waals surface area contributed by atoms with Crippen LogP contribution >= 0.6 is 0 Å². The van der Waals surface area contributed by atoms with E-state index in [0.717, 1.165) is 38.9 Å². The van der Waals surface area contributed by atoms with Gasteiger partial charge in [0.25, 0.3) is 0 Å². The van der Waals surface area contributed by atoms with Gasteiger partial charge in [0.15, 0.2) is 0 Å². The number of nitrogens with zero attached hydrogens (tertiary/aromatic N) is 1. The summed E-state index contributed by atoms with van der Waals surface area (Å²) >= 11 is 0. The molecule has 1 heterocycles. The van der Waals surface area contributed by atoms with Crippen molar-refractivity contribution in [1.82, 2.24) is 4.90 Å². The second-order valence-corrected chi connectivity index (χ2v) is 5.29. The molecular weight excluding hydrogens is 202 g/mol. The molecule has 1 atom stereocenters. The first-order valence-corrected chi connectivity index (χ1v) is 6.63. The quantitative estimate of drug-likeness (QED) is 0.725. The maximum Gasteiger partial charge on any atom is 0.0499 e. The van der Waals surface area contributed by atoms with Gasteiger partial charge in [0.2, 0.25) is 0 Å². The molecule has 0 aromatic carbocycles. The molecule has 3 heteroatoms. The maximum absolute atomic E-state index is 9.55. The van der Waals surface area contributed by atoms with Crippen LogP contribution in [0.3, 0.4) is 0 Å². The van der Waals surface area contributed by atoms with Crippen molar-refractivity contribution in [2.24, 2.45) is 11.3 Å². The Hall–Kier alpha value is -0.120. The SMILES string of the molecule is CCC(CC)(CO)CN1CCCC(CO)C1. The van der Waals surface area contributed by atoms with Gasteiger partial charge in [-0.25, -0.2) is 0 Å². The summed E-state index contributed by atoms with van der Waals surface area (Å²) in [6.45, 7) is 8.01. The molecule has 0 aromatic heterocycles. The van der Waals surface area contributed by atoms with Crippen LogP contribution in [0.15, 0.2) is 0 Å². The highest BCUT2D eigenvalue weighted by molar-refractivity contribution is 4.82. The van der Waals surface area contributed by atoms with Crippen molar-refractivity contribution in [2.75, 3.05) is 32.8 Å². The monoisotopic (exact) mass is 229 g/mol. The van der Waals surface area contributed by atoms with Gasteiger partial charge in [0.1, 0.15) is 0 Å². The standard InChI is InChI=1S/C13H27NO2/c1-3-13(4-2,11-16)10-14-7-5-6-12(8-14)9-15/h12,15-16H,3-11H2,1-2H3. The van der Waals surface area contributed by atoms with Crippen LogP contribution < -0.4 is 0 Å². The average Bonchev–Trinajstić information content (AvgIpc) is 2.36. The van der Waals surface area contributed by atoms with Crippen LogP contribution in [0.1, 0.15) is 39.5 Å². The molecule has 3 nitrogen and oxygen atoms in total. The first-order valence-electron chi connectivity index (χ1n) is 6.63. The molecule has 2 N–H and O–H groups in total. The van der Waals surface area contributed by atoms with Gasteiger partial charge in [-0.15, -0.1) is 0 Å². The first kappa shape index (κ1) is 13.9. The van der Waals surface area contributed by atoms with E-state index in [1.165, 1.54) is 6.42 Å². The predicted octanol–water partition coefficient (Wildman–Crippen LogP) is 1.49. The molecule has 96 valence electrons.